The third kappa shape index (κ3) is 7.82. The summed E-state index contributed by atoms with van der Waals surface area (Å²) in [6.07, 6.45) is -6.97. The molecular weight excluding hydrogens is 207 g/mol. The molecule has 1 nitrogen and oxygen atoms in total. The molecule has 0 atom stereocenters. The first kappa shape index (κ1) is 13.2. The Morgan fingerprint density at radius 1 is 1.00 bits per heavy atom. The molecule has 6 heteroatoms. The summed E-state index contributed by atoms with van der Waals surface area (Å²) >= 11 is 0. The Kier molecular flexibility index (Phi) is 4.87. The summed E-state index contributed by atoms with van der Waals surface area (Å²) in [4.78, 5) is 0. The number of ether oxygens (including phenoxy) is 1. The molecule has 0 aromatic rings. The molecule has 0 aliphatic carbocycles. The van der Waals surface area contributed by atoms with E-state index in [0.29, 0.717) is 0 Å². The van der Waals surface area contributed by atoms with Crippen LogP contribution in [0.15, 0.2) is 12.8 Å². The van der Waals surface area contributed by atoms with Gasteiger partial charge in [-0.3, -0.25) is 0 Å². The number of rotatable bonds is 6. The summed E-state index contributed by atoms with van der Waals surface area (Å²) < 4.78 is 64.5. The van der Waals surface area contributed by atoms with Crippen molar-refractivity contribution in [3.05, 3.63) is 12.8 Å². The van der Waals surface area contributed by atoms with E-state index < -0.39 is 31.4 Å². The third-order valence-corrected chi connectivity index (χ3v) is 1.48. The Balaban J connectivity index is 3.77. The Labute approximate surface area is 78.5 Å². The van der Waals surface area contributed by atoms with Crippen LogP contribution < -0.4 is 0 Å². The molecule has 0 aromatic carbocycles. The van der Waals surface area contributed by atoms with E-state index in [1.54, 1.807) is 0 Å². The summed E-state index contributed by atoms with van der Waals surface area (Å²) in [5, 5.41) is 0. The molecule has 0 saturated heterocycles. The Morgan fingerprint density at radius 3 is 2.00 bits per heavy atom. The lowest BCUT2D eigenvalue weighted by Crippen LogP contribution is -2.22. The van der Waals surface area contributed by atoms with E-state index in [9.17, 15) is 22.0 Å². The maximum Gasteiger partial charge on any atom is 0.389 e. The molecule has 14 heavy (non-hydrogen) atoms. The molecule has 0 amide bonds. The van der Waals surface area contributed by atoms with Crippen LogP contribution >= 0.6 is 0 Å². The Bertz CT molecular complexity index is 175. The van der Waals surface area contributed by atoms with Gasteiger partial charge in [-0.05, 0) is 0 Å². The fourth-order valence-corrected chi connectivity index (χ4v) is 0.741. The zero-order valence-corrected chi connectivity index (χ0v) is 7.41. The first-order valence-corrected chi connectivity index (χ1v) is 3.94. The monoisotopic (exact) mass is 218 g/mol. The Morgan fingerprint density at radius 2 is 1.57 bits per heavy atom. The normalized spacial score (nSPS) is 12.6. The lowest BCUT2D eigenvalue weighted by atomic mass is 10.1. The van der Waals surface area contributed by atoms with Crippen molar-refractivity contribution in [2.24, 2.45) is 0 Å². The van der Waals surface area contributed by atoms with Crippen molar-refractivity contribution in [2.75, 3.05) is 6.61 Å². The van der Waals surface area contributed by atoms with Crippen molar-refractivity contribution < 1.29 is 26.7 Å². The molecule has 0 spiro atoms. The fourth-order valence-electron chi connectivity index (χ4n) is 0.741. The van der Waals surface area contributed by atoms with E-state index in [2.05, 4.69) is 11.3 Å². The molecule has 0 aliphatic rings. The lowest BCUT2D eigenvalue weighted by molar-refractivity contribution is -0.153. The van der Waals surface area contributed by atoms with Crippen molar-refractivity contribution in [2.45, 2.75) is 31.4 Å². The highest BCUT2D eigenvalue weighted by Gasteiger charge is 2.36. The van der Waals surface area contributed by atoms with Gasteiger partial charge in [-0.15, -0.1) is 0 Å². The Hall–Kier alpha value is -0.810. The van der Waals surface area contributed by atoms with Gasteiger partial charge in [0, 0.05) is 19.3 Å². The highest BCUT2D eigenvalue weighted by atomic mass is 19.4. The number of halogens is 5. The van der Waals surface area contributed by atoms with E-state index >= 15 is 0 Å². The quantitative estimate of drug-likeness (QED) is 0.376. The predicted molar refractivity (Wildman–Crippen MR) is 41.0 cm³/mol. The van der Waals surface area contributed by atoms with Crippen molar-refractivity contribution in [3.8, 4) is 0 Å². The van der Waals surface area contributed by atoms with Crippen LogP contribution in [0.25, 0.3) is 0 Å². The molecule has 0 heterocycles. The summed E-state index contributed by atoms with van der Waals surface area (Å²) in [6, 6.07) is 0. The predicted octanol–water partition coefficient (Wildman–Crippen LogP) is 3.51. The summed E-state index contributed by atoms with van der Waals surface area (Å²) in [7, 11) is 0. The highest BCUT2D eigenvalue weighted by Crippen LogP contribution is 2.31. The van der Waals surface area contributed by atoms with Crippen LogP contribution in [0.3, 0.4) is 0 Å². The summed E-state index contributed by atoms with van der Waals surface area (Å²) in [5.41, 5.74) is 0. The van der Waals surface area contributed by atoms with Crippen LogP contribution in [-0.2, 0) is 4.74 Å². The molecule has 0 aromatic heterocycles. The first-order chi connectivity index (χ1) is 6.27. The summed E-state index contributed by atoms with van der Waals surface area (Å²) in [5.74, 6) is -3.33. The summed E-state index contributed by atoms with van der Waals surface area (Å²) in [6.45, 7) is 2.79. The minimum Gasteiger partial charge on any atom is -0.502 e. The van der Waals surface area contributed by atoms with Gasteiger partial charge in [0.15, 0.2) is 0 Å². The molecule has 0 fully saturated rings. The van der Waals surface area contributed by atoms with E-state index in [1.807, 2.05) is 0 Å². The largest absolute Gasteiger partial charge is 0.502 e. The van der Waals surface area contributed by atoms with Crippen LogP contribution in [0.1, 0.15) is 19.3 Å². The first-order valence-electron chi connectivity index (χ1n) is 3.94. The van der Waals surface area contributed by atoms with Crippen LogP contribution in [0.2, 0.25) is 0 Å². The number of hydrogen-bond donors (Lipinski definition) is 0. The molecule has 0 radical (unpaired) electrons. The molecule has 0 saturated carbocycles. The highest BCUT2D eigenvalue weighted by molar-refractivity contribution is 4.69. The van der Waals surface area contributed by atoms with Gasteiger partial charge in [-0.2, -0.15) is 13.2 Å². The smallest absolute Gasteiger partial charge is 0.389 e. The third-order valence-electron chi connectivity index (χ3n) is 1.48. The molecule has 84 valence electrons. The van der Waals surface area contributed by atoms with Gasteiger partial charge in [0.05, 0.1) is 12.9 Å². The molecular formula is C8H11F5O. The van der Waals surface area contributed by atoms with Crippen LogP contribution in [-0.4, -0.2) is 18.7 Å². The van der Waals surface area contributed by atoms with Gasteiger partial charge < -0.3 is 4.74 Å². The van der Waals surface area contributed by atoms with Gasteiger partial charge in [0.2, 0.25) is 0 Å². The van der Waals surface area contributed by atoms with E-state index in [-0.39, 0.29) is 6.61 Å². The van der Waals surface area contributed by atoms with Gasteiger partial charge in [-0.1, -0.05) is 6.58 Å². The lowest BCUT2D eigenvalue weighted by Gasteiger charge is -2.16. The van der Waals surface area contributed by atoms with Crippen molar-refractivity contribution in [3.63, 3.8) is 0 Å². The standard InChI is InChI=1S/C8H11F5O/c1-2-14-6-5-7(9,10)3-4-8(11,12)13/h2H,1,3-6H2. The van der Waals surface area contributed by atoms with E-state index in [0.717, 1.165) is 6.26 Å². The molecule has 0 N–H and O–H groups in total. The van der Waals surface area contributed by atoms with E-state index in [4.69, 9.17) is 0 Å². The molecule has 0 aliphatic heterocycles. The molecule has 0 bridgehead atoms. The maximum absolute atomic E-state index is 12.7. The van der Waals surface area contributed by atoms with Gasteiger partial charge in [0.25, 0.3) is 5.92 Å². The average molecular weight is 218 g/mol. The minimum absolute atomic E-state index is 0.325. The fraction of sp³-hybridized carbons (Fsp3) is 0.750. The van der Waals surface area contributed by atoms with Gasteiger partial charge in [0.1, 0.15) is 0 Å². The average Bonchev–Trinajstić information content (AvgIpc) is 2.00. The zero-order valence-electron chi connectivity index (χ0n) is 7.41. The second-order valence-electron chi connectivity index (χ2n) is 2.76. The SMILES string of the molecule is C=COCCC(F)(F)CCC(F)(F)F. The number of hydrogen-bond acceptors (Lipinski definition) is 1. The topological polar surface area (TPSA) is 9.23 Å². The second-order valence-corrected chi connectivity index (χ2v) is 2.76. The second kappa shape index (κ2) is 5.17. The van der Waals surface area contributed by atoms with Crippen molar-refractivity contribution in [1.82, 2.24) is 0 Å². The van der Waals surface area contributed by atoms with Crippen LogP contribution in [0.5, 0.6) is 0 Å². The van der Waals surface area contributed by atoms with Gasteiger partial charge >= 0.3 is 6.18 Å². The zero-order chi connectivity index (χ0) is 11.2. The van der Waals surface area contributed by atoms with Crippen molar-refractivity contribution >= 4 is 0 Å². The maximum atomic E-state index is 12.7. The van der Waals surface area contributed by atoms with E-state index in [1.165, 1.54) is 0 Å². The van der Waals surface area contributed by atoms with Crippen LogP contribution in [0.4, 0.5) is 22.0 Å². The van der Waals surface area contributed by atoms with Crippen LogP contribution in [0, 0.1) is 0 Å². The molecule has 0 unspecified atom stereocenters. The molecule has 0 rings (SSSR count). The minimum atomic E-state index is -4.54. The number of alkyl halides is 5. The van der Waals surface area contributed by atoms with Crippen molar-refractivity contribution in [1.29, 1.82) is 0 Å². The van der Waals surface area contributed by atoms with Gasteiger partial charge in [-0.25, -0.2) is 8.78 Å².